The molecule has 1 aromatic rings. The van der Waals surface area contributed by atoms with Gasteiger partial charge < -0.3 is 24.4 Å². The maximum Gasteiger partial charge on any atom is 0.252 e. The zero-order chi connectivity index (χ0) is 18.8. The van der Waals surface area contributed by atoms with E-state index in [9.17, 15) is 4.79 Å². The van der Waals surface area contributed by atoms with Crippen LogP contribution in [-0.2, 0) is 9.53 Å². The third-order valence-corrected chi connectivity index (χ3v) is 6.36. The highest BCUT2D eigenvalue weighted by Gasteiger charge is 2.30. The van der Waals surface area contributed by atoms with Crippen molar-refractivity contribution in [3.63, 3.8) is 0 Å². The van der Waals surface area contributed by atoms with E-state index in [1.807, 2.05) is 30.5 Å². The summed E-state index contributed by atoms with van der Waals surface area (Å²) in [4.78, 5) is 14.5. The SMILES string of the molecule is COc1ccc(C2=CC(=O)N3C=C(O[C@H]4CCNC4)C=CC3P2)cc1OC. The Morgan fingerprint density at radius 3 is 2.81 bits per heavy atom. The van der Waals surface area contributed by atoms with Gasteiger partial charge in [0.1, 0.15) is 11.9 Å². The number of amides is 1. The van der Waals surface area contributed by atoms with Gasteiger partial charge in [-0.1, -0.05) is 20.7 Å². The minimum atomic E-state index is -0.0291. The Morgan fingerprint density at radius 2 is 2.07 bits per heavy atom. The summed E-state index contributed by atoms with van der Waals surface area (Å²) in [5, 5.41) is 4.30. The summed E-state index contributed by atoms with van der Waals surface area (Å²) >= 11 is 0. The van der Waals surface area contributed by atoms with Crippen molar-refractivity contribution in [3.05, 3.63) is 53.9 Å². The molecule has 0 aliphatic carbocycles. The van der Waals surface area contributed by atoms with Gasteiger partial charge in [-0.3, -0.25) is 4.79 Å². The van der Waals surface area contributed by atoms with Gasteiger partial charge in [0.05, 0.1) is 26.2 Å². The van der Waals surface area contributed by atoms with Crippen molar-refractivity contribution >= 4 is 19.8 Å². The Hall–Kier alpha value is -2.30. The first kappa shape index (κ1) is 18.1. The van der Waals surface area contributed by atoms with Crippen LogP contribution in [0.3, 0.4) is 0 Å². The van der Waals surface area contributed by atoms with Crippen LogP contribution in [0.4, 0.5) is 0 Å². The molecular weight excluding hydrogens is 363 g/mol. The molecule has 3 heterocycles. The summed E-state index contributed by atoms with van der Waals surface area (Å²) in [5.41, 5.74) is 0.982. The molecule has 0 saturated carbocycles. The van der Waals surface area contributed by atoms with Crippen molar-refractivity contribution in [2.45, 2.75) is 18.3 Å². The van der Waals surface area contributed by atoms with Gasteiger partial charge in [0.25, 0.3) is 5.91 Å². The summed E-state index contributed by atoms with van der Waals surface area (Å²) in [6.45, 7) is 1.83. The molecule has 3 aliphatic rings. The molecule has 0 bridgehead atoms. The molecule has 1 amide bonds. The molecule has 3 aliphatic heterocycles. The van der Waals surface area contributed by atoms with Gasteiger partial charge in [-0.25, -0.2) is 0 Å². The number of hydrogen-bond donors (Lipinski definition) is 1. The number of rotatable bonds is 5. The predicted octanol–water partition coefficient (Wildman–Crippen LogP) is 2.68. The molecule has 1 saturated heterocycles. The highest BCUT2D eigenvalue weighted by molar-refractivity contribution is 7.51. The van der Waals surface area contributed by atoms with Gasteiger partial charge in [0.15, 0.2) is 11.5 Å². The van der Waals surface area contributed by atoms with E-state index >= 15 is 0 Å². The maximum absolute atomic E-state index is 12.7. The second-order valence-corrected chi connectivity index (χ2v) is 8.00. The molecule has 6 nitrogen and oxygen atoms in total. The lowest BCUT2D eigenvalue weighted by molar-refractivity contribution is -0.124. The fourth-order valence-electron chi connectivity index (χ4n) is 3.42. The van der Waals surface area contributed by atoms with Crippen LogP contribution in [0.15, 0.2) is 48.4 Å². The molecule has 1 aromatic carbocycles. The lowest BCUT2D eigenvalue weighted by Crippen LogP contribution is -2.36. The molecule has 7 heteroatoms. The molecule has 4 rings (SSSR count). The normalized spacial score (nSPS) is 25.1. The fourth-order valence-corrected chi connectivity index (χ4v) is 4.80. The van der Waals surface area contributed by atoms with Crippen molar-refractivity contribution in [1.29, 1.82) is 0 Å². The van der Waals surface area contributed by atoms with Gasteiger partial charge in [-0.05, 0) is 42.1 Å². The van der Waals surface area contributed by atoms with Crippen LogP contribution in [0, 0.1) is 0 Å². The Kier molecular flexibility index (Phi) is 5.19. The van der Waals surface area contributed by atoms with Gasteiger partial charge in [0, 0.05) is 12.6 Å². The number of fused-ring (bicyclic) bond motifs is 1. The fraction of sp³-hybridized carbons (Fsp3) is 0.350. The minimum absolute atomic E-state index is 0.0275. The first-order valence-electron chi connectivity index (χ1n) is 8.98. The smallest absolute Gasteiger partial charge is 0.252 e. The van der Waals surface area contributed by atoms with Crippen LogP contribution in [-0.4, -0.2) is 50.0 Å². The molecule has 1 N–H and O–H groups in total. The molecule has 1 fully saturated rings. The molecule has 27 heavy (non-hydrogen) atoms. The van der Waals surface area contributed by atoms with Crippen LogP contribution < -0.4 is 14.8 Å². The van der Waals surface area contributed by atoms with E-state index in [4.69, 9.17) is 14.2 Å². The lowest BCUT2D eigenvalue weighted by atomic mass is 10.1. The maximum atomic E-state index is 12.7. The molecule has 142 valence electrons. The van der Waals surface area contributed by atoms with Crippen LogP contribution in [0.25, 0.3) is 5.31 Å². The van der Waals surface area contributed by atoms with E-state index in [1.165, 1.54) is 0 Å². The number of ether oxygens (including phenoxy) is 3. The van der Waals surface area contributed by atoms with Gasteiger partial charge in [0.2, 0.25) is 0 Å². The van der Waals surface area contributed by atoms with Gasteiger partial charge >= 0.3 is 0 Å². The van der Waals surface area contributed by atoms with Crippen LogP contribution >= 0.6 is 8.58 Å². The first-order valence-corrected chi connectivity index (χ1v) is 10.1. The third-order valence-electron chi connectivity index (χ3n) is 4.85. The van der Waals surface area contributed by atoms with Crippen LogP contribution in [0.1, 0.15) is 12.0 Å². The monoisotopic (exact) mass is 386 g/mol. The van der Waals surface area contributed by atoms with Gasteiger partial charge in [-0.15, -0.1) is 0 Å². The number of nitrogens with one attached hydrogen (secondary N) is 1. The Bertz CT molecular complexity index is 827. The summed E-state index contributed by atoms with van der Waals surface area (Å²) in [7, 11) is 3.68. The molecular formula is C20H23N2O4P. The average Bonchev–Trinajstić information content (AvgIpc) is 3.20. The standard InChI is InChI=1S/C20H23N2O4P/c1-24-16-5-3-13(9-17(16)25-2)18-10-19(23)22-12-15(4-6-20(22)27-18)26-14-7-8-21-11-14/h3-6,9-10,12,14,20-21,27H,7-8,11H2,1-2H3/t14-,20?/m0/s1. The van der Waals surface area contributed by atoms with Crippen LogP contribution in [0.2, 0.25) is 0 Å². The van der Waals surface area contributed by atoms with Crippen molar-refractivity contribution in [1.82, 2.24) is 10.2 Å². The third kappa shape index (κ3) is 3.73. The first-order chi connectivity index (χ1) is 13.2. The second kappa shape index (κ2) is 7.75. The zero-order valence-corrected chi connectivity index (χ0v) is 16.4. The molecule has 0 radical (unpaired) electrons. The van der Waals surface area contributed by atoms with E-state index in [0.29, 0.717) is 20.1 Å². The lowest BCUT2D eigenvalue weighted by Gasteiger charge is -2.34. The Balaban J connectivity index is 1.54. The van der Waals surface area contributed by atoms with Crippen LogP contribution in [0.5, 0.6) is 11.5 Å². The molecule has 0 spiro atoms. The average molecular weight is 386 g/mol. The van der Waals surface area contributed by atoms with Gasteiger partial charge in [-0.2, -0.15) is 0 Å². The topological polar surface area (TPSA) is 60.0 Å². The number of methoxy groups -OCH3 is 2. The summed E-state index contributed by atoms with van der Waals surface area (Å²) < 4.78 is 16.7. The number of hydrogen-bond acceptors (Lipinski definition) is 5. The highest BCUT2D eigenvalue weighted by atomic mass is 31.1. The molecule has 2 unspecified atom stereocenters. The summed E-state index contributed by atoms with van der Waals surface area (Å²) in [5.74, 6) is 2.09. The van der Waals surface area contributed by atoms with E-state index in [2.05, 4.69) is 11.4 Å². The minimum Gasteiger partial charge on any atom is -0.493 e. The van der Waals surface area contributed by atoms with Crippen molar-refractivity contribution in [3.8, 4) is 11.5 Å². The summed E-state index contributed by atoms with van der Waals surface area (Å²) in [6.07, 6.45) is 8.76. The van der Waals surface area contributed by atoms with Crippen molar-refractivity contribution in [2.24, 2.45) is 0 Å². The van der Waals surface area contributed by atoms with Crippen molar-refractivity contribution in [2.75, 3.05) is 27.3 Å². The van der Waals surface area contributed by atoms with Crippen molar-refractivity contribution < 1.29 is 19.0 Å². The number of carbonyl (C=O) groups is 1. The molecule has 3 atom stereocenters. The second-order valence-electron chi connectivity index (χ2n) is 6.59. The molecule has 0 aromatic heterocycles. The number of allylic oxidation sites excluding steroid dienone is 1. The number of nitrogens with zero attached hydrogens (tertiary/aromatic N) is 1. The quantitative estimate of drug-likeness (QED) is 0.789. The highest BCUT2D eigenvalue weighted by Crippen LogP contribution is 2.46. The van der Waals surface area contributed by atoms with E-state index in [0.717, 1.165) is 36.1 Å². The van der Waals surface area contributed by atoms with E-state index in [1.54, 1.807) is 25.2 Å². The van der Waals surface area contributed by atoms with E-state index < -0.39 is 0 Å². The summed E-state index contributed by atoms with van der Waals surface area (Å²) in [6, 6.07) is 5.76. The predicted molar refractivity (Wildman–Crippen MR) is 106 cm³/mol. The Morgan fingerprint density at radius 1 is 1.22 bits per heavy atom. The largest absolute Gasteiger partial charge is 0.493 e. The van der Waals surface area contributed by atoms with E-state index in [-0.39, 0.29) is 17.8 Å². The number of carbonyl (C=O) groups excluding carboxylic acids is 1. The number of benzene rings is 1. The zero-order valence-electron chi connectivity index (χ0n) is 15.4. The Labute approximate surface area is 160 Å².